The Balaban J connectivity index is 1.46. The van der Waals surface area contributed by atoms with Crippen molar-refractivity contribution in [1.82, 2.24) is 0 Å². The molecule has 0 amide bonds. The van der Waals surface area contributed by atoms with Crippen molar-refractivity contribution in [3.8, 4) is 17.2 Å². The van der Waals surface area contributed by atoms with Gasteiger partial charge in [-0.1, -0.05) is 36.4 Å². The Hall–Kier alpha value is -5.43. The van der Waals surface area contributed by atoms with Gasteiger partial charge in [0.25, 0.3) is 0 Å². The molecule has 0 bridgehead atoms. The molecule has 4 rings (SSSR count). The van der Waals surface area contributed by atoms with Gasteiger partial charge in [-0.25, -0.2) is 14.4 Å². The lowest BCUT2D eigenvalue weighted by atomic mass is 10.1. The number of hydrogen-bond donors (Lipinski definition) is 3. The van der Waals surface area contributed by atoms with Crippen LogP contribution in [-0.2, 0) is 48.4 Å². The zero-order valence-corrected chi connectivity index (χ0v) is 29.0. The lowest BCUT2D eigenvalue weighted by Crippen LogP contribution is -2.23. The van der Waals surface area contributed by atoms with Gasteiger partial charge in [0.2, 0.25) is 0 Å². The highest BCUT2D eigenvalue weighted by Gasteiger charge is 2.19. The fourth-order valence-electron chi connectivity index (χ4n) is 5.01. The molecule has 0 fully saturated rings. The van der Waals surface area contributed by atoms with Gasteiger partial charge in [-0.05, 0) is 109 Å². The smallest absolute Gasteiger partial charge is 0.327 e. The molecular formula is C39H45N3O9. The summed E-state index contributed by atoms with van der Waals surface area (Å²) in [6, 6.07) is 24.2. The Morgan fingerprint density at radius 1 is 0.451 bits per heavy atom. The predicted octanol–water partition coefficient (Wildman–Crippen LogP) is 5.11. The van der Waals surface area contributed by atoms with Gasteiger partial charge in [-0.3, -0.25) is 0 Å². The van der Waals surface area contributed by atoms with Crippen LogP contribution in [0.5, 0.6) is 17.2 Å². The molecule has 0 aliphatic rings. The zero-order chi connectivity index (χ0) is 36.8. The minimum absolute atomic E-state index is 0.241. The van der Waals surface area contributed by atoms with Crippen LogP contribution < -0.4 is 31.4 Å². The molecule has 51 heavy (non-hydrogen) atoms. The molecule has 0 radical (unpaired) electrons. The van der Waals surface area contributed by atoms with E-state index in [-0.39, 0.29) is 39.6 Å². The predicted molar refractivity (Wildman–Crippen MR) is 189 cm³/mol. The van der Waals surface area contributed by atoms with E-state index in [1.165, 1.54) is 0 Å². The highest BCUT2D eigenvalue weighted by Crippen LogP contribution is 2.23. The van der Waals surface area contributed by atoms with E-state index in [4.69, 9.17) is 45.6 Å². The van der Waals surface area contributed by atoms with E-state index in [2.05, 4.69) is 0 Å². The summed E-state index contributed by atoms with van der Waals surface area (Å²) in [6.45, 7) is 6.66. The summed E-state index contributed by atoms with van der Waals surface area (Å²) in [5, 5.41) is 0. The van der Waals surface area contributed by atoms with Crippen LogP contribution in [0.3, 0.4) is 0 Å². The van der Waals surface area contributed by atoms with Crippen molar-refractivity contribution < 1.29 is 42.8 Å². The number of rotatable bonds is 18. The van der Waals surface area contributed by atoms with Gasteiger partial charge in [-0.15, -0.1) is 0 Å². The second-order valence-electron chi connectivity index (χ2n) is 11.4. The molecule has 0 saturated carbocycles. The maximum atomic E-state index is 12.0. The summed E-state index contributed by atoms with van der Waals surface area (Å²) in [5.74, 6) is 0.302. The lowest BCUT2D eigenvalue weighted by molar-refractivity contribution is -0.145. The maximum absolute atomic E-state index is 12.0. The number of hydrogen-bond acceptors (Lipinski definition) is 12. The Bertz CT molecular complexity index is 1510. The molecule has 12 heteroatoms. The second-order valence-corrected chi connectivity index (χ2v) is 11.4. The van der Waals surface area contributed by atoms with E-state index < -0.39 is 36.0 Å². The second kappa shape index (κ2) is 19.1. The Labute approximate surface area is 297 Å². The van der Waals surface area contributed by atoms with E-state index in [9.17, 15) is 14.4 Å². The van der Waals surface area contributed by atoms with Gasteiger partial charge in [0, 0.05) is 0 Å². The number of carbonyl (C=O) groups excluding carboxylic acids is 3. The van der Waals surface area contributed by atoms with Crippen molar-refractivity contribution in [3.63, 3.8) is 0 Å². The third-order valence-electron chi connectivity index (χ3n) is 7.67. The summed E-state index contributed by atoms with van der Waals surface area (Å²) >= 11 is 0. The van der Waals surface area contributed by atoms with E-state index >= 15 is 0 Å². The first kappa shape index (κ1) is 38.4. The largest absolute Gasteiger partial charge is 0.489 e. The minimum Gasteiger partial charge on any atom is -0.489 e. The van der Waals surface area contributed by atoms with Crippen molar-refractivity contribution in [2.45, 2.75) is 58.7 Å². The summed E-state index contributed by atoms with van der Waals surface area (Å²) < 4.78 is 33.3. The molecule has 0 saturated heterocycles. The maximum Gasteiger partial charge on any atom is 0.327 e. The molecule has 3 atom stereocenters. The molecule has 0 heterocycles. The van der Waals surface area contributed by atoms with Crippen LogP contribution in [0.25, 0.3) is 0 Å². The van der Waals surface area contributed by atoms with Crippen LogP contribution in [0.2, 0.25) is 0 Å². The Kier molecular flexibility index (Phi) is 14.4. The van der Waals surface area contributed by atoms with Gasteiger partial charge < -0.3 is 45.6 Å². The summed E-state index contributed by atoms with van der Waals surface area (Å²) in [5.41, 5.74) is 22.5. The SMILES string of the molecule is CCOC(=O)[C@H](N)c1ccc(OCc2cc(COc3ccc([C@@H](N)C(=O)OCC)cc3)cc(COc3ccc([C@@H](N)C(=O)OCC)cc3)c2)cc1. The molecule has 0 unspecified atom stereocenters. The first-order valence-corrected chi connectivity index (χ1v) is 16.7. The highest BCUT2D eigenvalue weighted by molar-refractivity contribution is 5.78. The molecule has 6 N–H and O–H groups in total. The van der Waals surface area contributed by atoms with Gasteiger partial charge in [0.15, 0.2) is 0 Å². The monoisotopic (exact) mass is 699 g/mol. The van der Waals surface area contributed by atoms with Gasteiger partial charge in [-0.2, -0.15) is 0 Å². The van der Waals surface area contributed by atoms with Gasteiger partial charge >= 0.3 is 17.9 Å². The van der Waals surface area contributed by atoms with Gasteiger partial charge in [0.1, 0.15) is 55.2 Å². The van der Waals surface area contributed by atoms with Crippen LogP contribution in [0.1, 0.15) is 72.3 Å². The molecule has 270 valence electrons. The van der Waals surface area contributed by atoms with Crippen LogP contribution in [0.4, 0.5) is 0 Å². The highest BCUT2D eigenvalue weighted by atomic mass is 16.5. The van der Waals surface area contributed by atoms with Crippen molar-refractivity contribution in [3.05, 3.63) is 124 Å². The molecule has 0 aliphatic carbocycles. The minimum atomic E-state index is -0.880. The van der Waals surface area contributed by atoms with Crippen molar-refractivity contribution in [2.75, 3.05) is 19.8 Å². The fraction of sp³-hybridized carbons (Fsp3) is 0.308. The fourth-order valence-corrected chi connectivity index (χ4v) is 5.01. The normalized spacial score (nSPS) is 12.6. The first-order valence-electron chi connectivity index (χ1n) is 16.7. The van der Waals surface area contributed by atoms with E-state index in [0.717, 1.165) is 16.7 Å². The van der Waals surface area contributed by atoms with E-state index in [0.29, 0.717) is 33.9 Å². The third-order valence-corrected chi connectivity index (χ3v) is 7.67. The van der Waals surface area contributed by atoms with Crippen LogP contribution >= 0.6 is 0 Å². The van der Waals surface area contributed by atoms with Gasteiger partial charge in [0.05, 0.1) is 19.8 Å². The molecule has 0 spiro atoms. The van der Waals surface area contributed by atoms with Crippen molar-refractivity contribution >= 4 is 17.9 Å². The third kappa shape index (κ3) is 11.3. The number of ether oxygens (including phenoxy) is 6. The van der Waals surface area contributed by atoms with Crippen molar-refractivity contribution in [2.24, 2.45) is 17.2 Å². The van der Waals surface area contributed by atoms with Crippen molar-refractivity contribution in [1.29, 1.82) is 0 Å². The summed E-state index contributed by atoms with van der Waals surface area (Å²) in [6.07, 6.45) is 0. The Morgan fingerprint density at radius 2 is 0.686 bits per heavy atom. The standard InChI is InChI=1S/C39H45N3O9/c1-4-46-37(43)34(40)28-7-13-31(14-8-28)49-22-25-19-26(23-50-32-15-9-29(10-16-32)35(41)38(44)47-5-2)21-27(20-25)24-51-33-17-11-30(12-18-33)36(42)39(45)48-6-3/h7-21,34-36H,4-6,22-24,40-42H2,1-3H3/t34-,35-,36-/m1/s1. The number of carbonyl (C=O) groups is 3. The zero-order valence-electron chi connectivity index (χ0n) is 29.0. The number of nitrogens with two attached hydrogens (primary N) is 3. The lowest BCUT2D eigenvalue weighted by Gasteiger charge is -2.15. The van der Waals surface area contributed by atoms with Crippen LogP contribution in [0, 0.1) is 0 Å². The molecule has 0 aromatic heterocycles. The Morgan fingerprint density at radius 3 is 0.902 bits per heavy atom. The van der Waals surface area contributed by atoms with E-state index in [1.807, 2.05) is 18.2 Å². The summed E-state index contributed by atoms with van der Waals surface area (Å²) in [4.78, 5) is 36.1. The molecule has 0 aliphatic heterocycles. The topological polar surface area (TPSA) is 185 Å². The number of esters is 3. The molecule has 12 nitrogen and oxygen atoms in total. The molecule has 4 aromatic carbocycles. The van der Waals surface area contributed by atoms with E-state index in [1.54, 1.807) is 93.6 Å². The average Bonchev–Trinajstić information content (AvgIpc) is 3.15. The van der Waals surface area contributed by atoms with Crippen LogP contribution in [0.15, 0.2) is 91.0 Å². The summed E-state index contributed by atoms with van der Waals surface area (Å²) in [7, 11) is 0. The quantitative estimate of drug-likeness (QED) is 0.0922. The average molecular weight is 700 g/mol. The number of benzene rings is 4. The molecule has 4 aromatic rings. The van der Waals surface area contributed by atoms with Crippen LogP contribution in [-0.4, -0.2) is 37.7 Å². The first-order chi connectivity index (χ1) is 24.6. The molecular weight excluding hydrogens is 654 g/mol.